The maximum absolute atomic E-state index is 12.9. The molecule has 7 heteroatoms. The van der Waals surface area contributed by atoms with Gasteiger partial charge in [-0.15, -0.1) is 0 Å². The minimum absolute atomic E-state index is 0.199. The molecular weight excluding hydrogens is 353 g/mol. The highest BCUT2D eigenvalue weighted by molar-refractivity contribution is 5.79. The zero-order chi connectivity index (χ0) is 19.6. The molecule has 2 atom stereocenters. The quantitative estimate of drug-likeness (QED) is 0.667. The monoisotopic (exact) mass is 375 g/mol. The average molecular weight is 375 g/mol. The second-order valence-corrected chi connectivity index (χ2v) is 6.00. The Labute approximate surface area is 156 Å². The molecule has 0 spiro atoms. The van der Waals surface area contributed by atoms with Crippen molar-refractivity contribution in [2.75, 3.05) is 13.2 Å². The lowest BCUT2D eigenvalue weighted by atomic mass is 10.1. The normalized spacial score (nSPS) is 12.7. The van der Waals surface area contributed by atoms with Crippen LogP contribution in [0.15, 0.2) is 54.6 Å². The highest BCUT2D eigenvalue weighted by atomic mass is 19.1. The van der Waals surface area contributed by atoms with E-state index in [9.17, 15) is 19.1 Å². The fourth-order valence-corrected chi connectivity index (χ4v) is 2.23. The summed E-state index contributed by atoms with van der Waals surface area (Å²) in [5, 5.41) is 11.8. The van der Waals surface area contributed by atoms with E-state index in [-0.39, 0.29) is 24.1 Å². The number of ether oxygens (including phenoxy) is 2. The Morgan fingerprint density at radius 3 is 2.37 bits per heavy atom. The van der Waals surface area contributed by atoms with Crippen molar-refractivity contribution in [3.8, 4) is 11.5 Å². The van der Waals surface area contributed by atoms with Crippen LogP contribution in [-0.2, 0) is 9.59 Å². The average Bonchev–Trinajstić information content (AvgIpc) is 2.66. The smallest absolute Gasteiger partial charge is 0.346 e. The van der Waals surface area contributed by atoms with E-state index in [1.165, 1.54) is 24.3 Å². The highest BCUT2D eigenvalue weighted by Crippen LogP contribution is 2.14. The van der Waals surface area contributed by atoms with Crippen LogP contribution >= 0.6 is 0 Å². The van der Waals surface area contributed by atoms with E-state index in [2.05, 4.69) is 5.32 Å². The summed E-state index contributed by atoms with van der Waals surface area (Å²) in [6.45, 7) is 1.91. The van der Waals surface area contributed by atoms with Crippen LogP contribution in [0.1, 0.15) is 13.3 Å². The van der Waals surface area contributed by atoms with Gasteiger partial charge in [-0.05, 0) is 42.8 Å². The molecule has 0 radical (unpaired) electrons. The summed E-state index contributed by atoms with van der Waals surface area (Å²) in [5.41, 5.74) is 0. The Hall–Kier alpha value is -3.09. The van der Waals surface area contributed by atoms with Crippen LogP contribution in [0.5, 0.6) is 11.5 Å². The third-order valence-electron chi connectivity index (χ3n) is 3.84. The predicted octanol–water partition coefficient (Wildman–Crippen LogP) is 2.88. The lowest BCUT2D eigenvalue weighted by Gasteiger charge is -2.18. The van der Waals surface area contributed by atoms with E-state index in [0.29, 0.717) is 13.0 Å². The zero-order valence-electron chi connectivity index (χ0n) is 14.9. The molecule has 0 saturated carbocycles. The highest BCUT2D eigenvalue weighted by Gasteiger charge is 2.22. The predicted molar refractivity (Wildman–Crippen MR) is 97.2 cm³/mol. The molecule has 0 heterocycles. The van der Waals surface area contributed by atoms with E-state index in [4.69, 9.17) is 9.47 Å². The third kappa shape index (κ3) is 6.97. The molecule has 2 aromatic carbocycles. The number of carboxylic acid groups (broad SMARTS) is 1. The first-order valence-electron chi connectivity index (χ1n) is 8.56. The molecule has 27 heavy (non-hydrogen) atoms. The first kappa shape index (κ1) is 20.2. The lowest BCUT2D eigenvalue weighted by Crippen LogP contribution is -2.42. The molecule has 0 saturated heterocycles. The number of benzene rings is 2. The van der Waals surface area contributed by atoms with Gasteiger partial charge in [0.25, 0.3) is 0 Å². The molecule has 2 unspecified atom stereocenters. The van der Waals surface area contributed by atoms with E-state index < -0.39 is 17.9 Å². The number of carbonyl (C=O) groups is 2. The van der Waals surface area contributed by atoms with Gasteiger partial charge in [0.05, 0.1) is 13.2 Å². The van der Waals surface area contributed by atoms with Crippen molar-refractivity contribution in [1.82, 2.24) is 5.32 Å². The van der Waals surface area contributed by atoms with Crippen LogP contribution in [0.25, 0.3) is 0 Å². The van der Waals surface area contributed by atoms with Gasteiger partial charge in [-0.1, -0.05) is 25.1 Å². The first-order valence-corrected chi connectivity index (χ1v) is 8.56. The number of nitrogens with one attached hydrogen (secondary N) is 1. The van der Waals surface area contributed by atoms with Crippen molar-refractivity contribution in [3.63, 3.8) is 0 Å². The van der Waals surface area contributed by atoms with Crippen molar-refractivity contribution < 1.29 is 28.6 Å². The lowest BCUT2D eigenvalue weighted by molar-refractivity contribution is -0.145. The summed E-state index contributed by atoms with van der Waals surface area (Å²) in [4.78, 5) is 23.5. The van der Waals surface area contributed by atoms with Gasteiger partial charge in [0, 0.05) is 5.92 Å². The van der Waals surface area contributed by atoms with Gasteiger partial charge in [0.1, 0.15) is 17.3 Å². The fraction of sp³-hybridized carbons (Fsp3) is 0.300. The molecule has 0 aliphatic rings. The van der Waals surface area contributed by atoms with Crippen molar-refractivity contribution >= 4 is 11.9 Å². The molecule has 2 rings (SSSR count). The van der Waals surface area contributed by atoms with E-state index in [1.807, 2.05) is 30.3 Å². The molecule has 0 bridgehead atoms. The molecule has 2 N–H and O–H groups in total. The Kier molecular flexibility index (Phi) is 7.61. The number of carboxylic acids is 1. The second-order valence-electron chi connectivity index (χ2n) is 6.00. The maximum Gasteiger partial charge on any atom is 0.346 e. The van der Waals surface area contributed by atoms with E-state index in [1.54, 1.807) is 6.92 Å². The van der Waals surface area contributed by atoms with Crippen LogP contribution in [0.4, 0.5) is 4.39 Å². The van der Waals surface area contributed by atoms with Gasteiger partial charge in [0.15, 0.2) is 0 Å². The summed E-state index contributed by atoms with van der Waals surface area (Å²) in [5.74, 6) is -1.38. The number of hydrogen-bond donors (Lipinski definition) is 2. The first-order chi connectivity index (χ1) is 13.0. The Balaban J connectivity index is 1.76. The molecule has 0 aromatic heterocycles. The largest absolute Gasteiger partial charge is 0.494 e. The van der Waals surface area contributed by atoms with Gasteiger partial charge in [-0.3, -0.25) is 4.79 Å². The molecule has 1 amide bonds. The van der Waals surface area contributed by atoms with E-state index in [0.717, 1.165) is 5.75 Å². The fourth-order valence-electron chi connectivity index (χ4n) is 2.23. The summed E-state index contributed by atoms with van der Waals surface area (Å²) in [7, 11) is 0. The van der Waals surface area contributed by atoms with Crippen LogP contribution < -0.4 is 14.8 Å². The van der Waals surface area contributed by atoms with E-state index >= 15 is 0 Å². The van der Waals surface area contributed by atoms with Crippen molar-refractivity contribution in [1.29, 1.82) is 0 Å². The summed E-state index contributed by atoms with van der Waals surface area (Å²) >= 11 is 0. The number of hydrogen-bond acceptors (Lipinski definition) is 4. The summed E-state index contributed by atoms with van der Waals surface area (Å²) in [6.07, 6.45) is -0.788. The minimum atomic E-state index is -1.27. The van der Waals surface area contributed by atoms with Crippen LogP contribution in [0, 0.1) is 11.7 Å². The maximum atomic E-state index is 12.9. The zero-order valence-corrected chi connectivity index (χ0v) is 14.9. The Morgan fingerprint density at radius 1 is 1.07 bits per heavy atom. The number of halogens is 1. The standard InChI is InChI=1S/C20H22FNO5/c1-14(11-12-26-16-5-3-2-4-6-16)19(23)22-13-18(20(24)25)27-17-9-7-15(21)8-10-17/h2-10,14,18H,11-13H2,1H3,(H,22,23)(H,24,25). The molecule has 144 valence electrons. The molecule has 0 aliphatic heterocycles. The second kappa shape index (κ2) is 10.2. The van der Waals surface area contributed by atoms with Gasteiger partial charge in [-0.25, -0.2) is 9.18 Å². The van der Waals surface area contributed by atoms with Crippen LogP contribution in [0.2, 0.25) is 0 Å². The van der Waals surface area contributed by atoms with Crippen molar-refractivity contribution in [2.45, 2.75) is 19.4 Å². The van der Waals surface area contributed by atoms with Gasteiger partial charge < -0.3 is 19.9 Å². The minimum Gasteiger partial charge on any atom is -0.494 e. The molecule has 0 fully saturated rings. The summed E-state index contributed by atoms with van der Waals surface area (Å²) in [6, 6.07) is 14.3. The van der Waals surface area contributed by atoms with Gasteiger partial charge >= 0.3 is 5.97 Å². The SMILES string of the molecule is CC(CCOc1ccccc1)C(=O)NCC(Oc1ccc(F)cc1)C(=O)O. The topological polar surface area (TPSA) is 84.9 Å². The summed E-state index contributed by atoms with van der Waals surface area (Å²) < 4.78 is 23.7. The number of carbonyl (C=O) groups excluding carboxylic acids is 1. The molecular formula is C20H22FNO5. The number of rotatable bonds is 10. The molecule has 2 aromatic rings. The van der Waals surface area contributed by atoms with Crippen molar-refractivity contribution in [3.05, 3.63) is 60.4 Å². The Bertz CT molecular complexity index is 736. The van der Waals surface area contributed by atoms with Crippen molar-refractivity contribution in [2.24, 2.45) is 5.92 Å². The van der Waals surface area contributed by atoms with Crippen LogP contribution in [0.3, 0.4) is 0 Å². The molecule has 0 aliphatic carbocycles. The van der Waals surface area contributed by atoms with Gasteiger partial charge in [0.2, 0.25) is 12.0 Å². The number of para-hydroxylation sites is 1. The van der Waals surface area contributed by atoms with Gasteiger partial charge in [-0.2, -0.15) is 0 Å². The molecule has 6 nitrogen and oxygen atoms in total. The Morgan fingerprint density at radius 2 is 1.74 bits per heavy atom. The third-order valence-corrected chi connectivity index (χ3v) is 3.84. The number of aliphatic carboxylic acids is 1. The van der Waals surface area contributed by atoms with Crippen LogP contribution in [-0.4, -0.2) is 36.2 Å². The number of amides is 1.